The molecule has 0 saturated heterocycles. The van der Waals surface area contributed by atoms with Gasteiger partial charge in [-0.2, -0.15) is 0 Å². The Balaban J connectivity index is -0.0000000160. The van der Waals surface area contributed by atoms with E-state index in [9.17, 15) is 0 Å². The molecular weight excluding hydrogens is 198 g/mol. The van der Waals surface area contributed by atoms with Crippen LogP contribution >= 0.6 is 0 Å². The Morgan fingerprint density at radius 3 is 1.00 bits per heavy atom. The normalized spacial score (nSPS) is 1.75. The SMILES string of the molecule is N#C[S-].N#C[S-].O.[Zn+2]. The molecule has 0 radical (unpaired) electrons. The molecule has 0 saturated carbocycles. The Morgan fingerprint density at radius 2 is 1.00 bits per heavy atom. The van der Waals surface area contributed by atoms with Crippen molar-refractivity contribution >= 4 is 25.3 Å². The van der Waals surface area contributed by atoms with E-state index < -0.39 is 0 Å². The first-order chi connectivity index (χ1) is 2.83. The van der Waals surface area contributed by atoms with E-state index >= 15 is 0 Å². The van der Waals surface area contributed by atoms with Crippen LogP contribution in [0.1, 0.15) is 0 Å². The molecule has 0 unspecified atom stereocenters. The van der Waals surface area contributed by atoms with Crippen molar-refractivity contribution in [1.82, 2.24) is 0 Å². The molecule has 2 N–H and O–H groups in total. The summed E-state index contributed by atoms with van der Waals surface area (Å²) in [6, 6.07) is 0. The Hall–Kier alpha value is 0.00338. The Labute approximate surface area is 71.6 Å². The fourth-order valence-electron chi connectivity index (χ4n) is 0. The Morgan fingerprint density at radius 1 is 1.00 bits per heavy atom. The van der Waals surface area contributed by atoms with Gasteiger partial charge >= 0.3 is 19.5 Å². The minimum atomic E-state index is 0. The Bertz CT molecular complexity index is 73.0. The molecular formula is C2H2N2OS2Zn. The summed E-state index contributed by atoms with van der Waals surface area (Å²) in [6.45, 7) is 0. The van der Waals surface area contributed by atoms with Crippen LogP contribution in [0, 0.1) is 21.3 Å². The maximum atomic E-state index is 7.13. The van der Waals surface area contributed by atoms with E-state index in [1.54, 1.807) is 0 Å². The summed E-state index contributed by atoms with van der Waals surface area (Å²) in [5.74, 6) is 0. The van der Waals surface area contributed by atoms with Gasteiger partial charge in [0, 0.05) is 0 Å². The minimum absolute atomic E-state index is 0. The van der Waals surface area contributed by atoms with Gasteiger partial charge in [-0.15, -0.1) is 0 Å². The molecule has 0 heterocycles. The second-order valence-electron chi connectivity index (χ2n) is 0.183. The third kappa shape index (κ3) is 13200000. The molecule has 0 spiro atoms. The third-order valence-corrected chi connectivity index (χ3v) is 0. The molecule has 6 heteroatoms. The molecule has 0 fully saturated rings. The van der Waals surface area contributed by atoms with Crippen molar-refractivity contribution in [2.75, 3.05) is 0 Å². The Kier molecular flexibility index (Phi) is 193. The molecule has 3 nitrogen and oxygen atoms in total. The van der Waals surface area contributed by atoms with E-state index in [4.69, 9.17) is 10.5 Å². The molecule has 40 valence electrons. The van der Waals surface area contributed by atoms with Gasteiger partial charge in [-0.05, 0) is 0 Å². The van der Waals surface area contributed by atoms with Crippen LogP contribution < -0.4 is 0 Å². The molecule has 0 aromatic heterocycles. The average molecular weight is 200 g/mol. The van der Waals surface area contributed by atoms with Gasteiger partial charge in [0.15, 0.2) is 0 Å². The molecule has 0 rings (SSSR count). The van der Waals surface area contributed by atoms with Crippen LogP contribution in [0.15, 0.2) is 0 Å². The van der Waals surface area contributed by atoms with Gasteiger partial charge in [-0.25, -0.2) is 10.5 Å². The molecule has 0 amide bonds. The molecule has 0 aliphatic rings. The van der Waals surface area contributed by atoms with E-state index in [1.165, 1.54) is 10.8 Å². The van der Waals surface area contributed by atoms with Crippen LogP contribution in [0.2, 0.25) is 0 Å². The number of rotatable bonds is 0. The van der Waals surface area contributed by atoms with Crippen LogP contribution in [0.5, 0.6) is 0 Å². The molecule has 0 atom stereocenters. The average Bonchev–Trinajstić information content (AvgIpc) is 1.39. The smallest absolute Gasteiger partial charge is 0.696 e. The zero-order valence-corrected chi connectivity index (χ0v) is 8.52. The largest absolute Gasteiger partial charge is 2.00 e. The molecule has 0 aromatic carbocycles. The maximum absolute atomic E-state index is 7.13. The van der Waals surface area contributed by atoms with Crippen molar-refractivity contribution in [1.29, 1.82) is 10.5 Å². The quantitative estimate of drug-likeness (QED) is 0.291. The van der Waals surface area contributed by atoms with Crippen molar-refractivity contribution in [3.8, 4) is 10.8 Å². The molecule has 0 aliphatic heterocycles. The van der Waals surface area contributed by atoms with E-state index in [-0.39, 0.29) is 25.0 Å². The molecule has 0 aliphatic carbocycles. The minimum Gasteiger partial charge on any atom is -0.696 e. The second kappa shape index (κ2) is 62.9. The predicted octanol–water partition coefficient (Wildman–Crippen LogP) is -0.798. The van der Waals surface area contributed by atoms with Gasteiger partial charge in [-0.1, -0.05) is 10.8 Å². The van der Waals surface area contributed by atoms with E-state index in [0.29, 0.717) is 0 Å². The van der Waals surface area contributed by atoms with Crippen molar-refractivity contribution < 1.29 is 25.0 Å². The van der Waals surface area contributed by atoms with Gasteiger partial charge in [0.1, 0.15) is 0 Å². The molecule has 0 aromatic rings. The van der Waals surface area contributed by atoms with E-state index in [0.717, 1.165) is 0 Å². The first-order valence-electron chi connectivity index (χ1n) is 0.855. The third-order valence-electron chi connectivity index (χ3n) is 0. The first-order valence-corrected chi connectivity index (χ1v) is 1.67. The van der Waals surface area contributed by atoms with Crippen molar-refractivity contribution in [2.24, 2.45) is 0 Å². The first kappa shape index (κ1) is 24.5. The van der Waals surface area contributed by atoms with Crippen LogP contribution in [-0.2, 0) is 44.7 Å². The summed E-state index contributed by atoms with van der Waals surface area (Å²) in [4.78, 5) is 0. The number of hydrogen-bond donors (Lipinski definition) is 0. The van der Waals surface area contributed by atoms with Gasteiger partial charge < -0.3 is 30.7 Å². The van der Waals surface area contributed by atoms with Gasteiger partial charge in [0.05, 0.1) is 0 Å². The fraction of sp³-hybridized carbons (Fsp3) is 0. The second-order valence-corrected chi connectivity index (χ2v) is 0.548. The summed E-state index contributed by atoms with van der Waals surface area (Å²) >= 11 is 7.40. The summed E-state index contributed by atoms with van der Waals surface area (Å²) in [5.41, 5.74) is 0. The number of hydrogen-bond acceptors (Lipinski definition) is 4. The van der Waals surface area contributed by atoms with Crippen LogP contribution in [-0.4, -0.2) is 5.48 Å². The summed E-state index contributed by atoms with van der Waals surface area (Å²) in [6.07, 6.45) is 0. The van der Waals surface area contributed by atoms with Gasteiger partial charge in [0.25, 0.3) is 0 Å². The van der Waals surface area contributed by atoms with E-state index in [1.807, 2.05) is 0 Å². The van der Waals surface area contributed by atoms with Crippen LogP contribution in [0.4, 0.5) is 0 Å². The van der Waals surface area contributed by atoms with Crippen LogP contribution in [0.3, 0.4) is 0 Å². The molecule has 8 heavy (non-hydrogen) atoms. The number of nitriles is 2. The standard InChI is InChI=1S/2CHNS.H2O.Zn/c2*2-1-3;;/h2*3H;1H2;/q;;;+2/p-2. The number of thiocyanates is 2. The van der Waals surface area contributed by atoms with Gasteiger partial charge in [-0.3, -0.25) is 0 Å². The molecule has 0 bridgehead atoms. The maximum Gasteiger partial charge on any atom is 2.00 e. The monoisotopic (exact) mass is 198 g/mol. The number of nitrogens with zero attached hydrogens (tertiary/aromatic N) is 2. The summed E-state index contributed by atoms with van der Waals surface area (Å²) in [7, 11) is 0. The van der Waals surface area contributed by atoms with Crippen molar-refractivity contribution in [3.05, 3.63) is 0 Å². The zero-order valence-electron chi connectivity index (χ0n) is 3.92. The van der Waals surface area contributed by atoms with Crippen LogP contribution in [0.25, 0.3) is 0 Å². The topological polar surface area (TPSA) is 79.1 Å². The van der Waals surface area contributed by atoms with Gasteiger partial charge in [0.2, 0.25) is 0 Å². The zero-order chi connectivity index (χ0) is 5.41. The van der Waals surface area contributed by atoms with E-state index in [2.05, 4.69) is 25.3 Å². The van der Waals surface area contributed by atoms with Crippen molar-refractivity contribution in [3.63, 3.8) is 0 Å². The summed E-state index contributed by atoms with van der Waals surface area (Å²) < 4.78 is 0. The van der Waals surface area contributed by atoms with Crippen molar-refractivity contribution in [2.45, 2.75) is 0 Å². The predicted molar refractivity (Wildman–Crippen MR) is 29.6 cm³/mol. The fourth-order valence-corrected chi connectivity index (χ4v) is 0. The summed E-state index contributed by atoms with van der Waals surface area (Å²) in [5, 5.41) is 16.9.